The maximum Gasteiger partial charge on any atom is 0.220 e. The number of benzene rings is 1. The molecule has 92 valence electrons. The van der Waals surface area contributed by atoms with E-state index in [0.29, 0.717) is 24.9 Å². The van der Waals surface area contributed by atoms with Gasteiger partial charge in [0.2, 0.25) is 5.91 Å². The molecule has 1 aromatic carbocycles. The van der Waals surface area contributed by atoms with E-state index in [1.165, 1.54) is 0 Å². The zero-order chi connectivity index (χ0) is 12.7. The highest BCUT2D eigenvalue weighted by Crippen LogP contribution is 2.10. The molecule has 4 nitrogen and oxygen atoms in total. The Hall–Kier alpha value is -1.65. The normalized spacial score (nSPS) is 10.3. The Morgan fingerprint density at radius 1 is 1.35 bits per heavy atom. The van der Waals surface area contributed by atoms with Crippen LogP contribution in [0.5, 0.6) is 0 Å². The van der Waals surface area contributed by atoms with E-state index in [1.807, 2.05) is 0 Å². The fourth-order valence-corrected chi connectivity index (χ4v) is 1.33. The Labute approximate surface area is 101 Å². The van der Waals surface area contributed by atoms with Crippen molar-refractivity contribution in [3.05, 3.63) is 48.0 Å². The van der Waals surface area contributed by atoms with Crippen molar-refractivity contribution >= 4 is 5.91 Å². The summed E-state index contributed by atoms with van der Waals surface area (Å²) < 4.78 is 0. The molecule has 0 radical (unpaired) electrons. The number of hydrogen-bond acceptors (Lipinski definition) is 3. The molecule has 0 aliphatic heterocycles. The summed E-state index contributed by atoms with van der Waals surface area (Å²) >= 11 is 0. The maximum absolute atomic E-state index is 11.3. The Morgan fingerprint density at radius 2 is 2.00 bits per heavy atom. The number of aliphatic hydroxyl groups excluding tert-OH is 1. The number of amides is 1. The van der Waals surface area contributed by atoms with Gasteiger partial charge in [-0.3, -0.25) is 4.79 Å². The van der Waals surface area contributed by atoms with Gasteiger partial charge in [-0.05, 0) is 12.0 Å². The summed E-state index contributed by atoms with van der Waals surface area (Å²) in [5.41, 5.74) is 1.35. The summed E-state index contributed by atoms with van der Waals surface area (Å²) in [7, 11) is 0. The van der Waals surface area contributed by atoms with Gasteiger partial charge >= 0.3 is 0 Å². The Kier molecular flexibility index (Phi) is 5.39. The van der Waals surface area contributed by atoms with Gasteiger partial charge in [0, 0.05) is 18.5 Å². The van der Waals surface area contributed by atoms with E-state index in [1.54, 1.807) is 30.3 Å². The van der Waals surface area contributed by atoms with Crippen molar-refractivity contribution in [2.75, 3.05) is 0 Å². The highest BCUT2D eigenvalue weighted by molar-refractivity contribution is 5.75. The molecule has 0 unspecified atom stereocenters. The second-order valence-electron chi connectivity index (χ2n) is 3.72. The molecular weight excluding hydrogens is 218 g/mol. The minimum atomic E-state index is -1.45. The van der Waals surface area contributed by atoms with Crippen LogP contribution >= 0.6 is 0 Å². The molecule has 0 aliphatic rings. The number of aliphatic hydroxyl groups is 2. The molecule has 1 rings (SSSR count). The van der Waals surface area contributed by atoms with Gasteiger partial charge in [0.05, 0.1) is 0 Å². The smallest absolute Gasteiger partial charge is 0.220 e. The third-order valence-electron chi connectivity index (χ3n) is 2.34. The van der Waals surface area contributed by atoms with Crippen LogP contribution in [0.3, 0.4) is 0 Å². The van der Waals surface area contributed by atoms with Gasteiger partial charge in [0.25, 0.3) is 0 Å². The molecule has 0 heterocycles. The maximum atomic E-state index is 11.3. The first kappa shape index (κ1) is 13.4. The zero-order valence-corrected chi connectivity index (χ0v) is 9.60. The highest BCUT2D eigenvalue weighted by atomic mass is 16.5. The second-order valence-corrected chi connectivity index (χ2v) is 3.72. The van der Waals surface area contributed by atoms with E-state index in [-0.39, 0.29) is 5.91 Å². The van der Waals surface area contributed by atoms with Crippen LogP contribution in [0.4, 0.5) is 0 Å². The molecule has 0 atom stereocenters. The van der Waals surface area contributed by atoms with Crippen molar-refractivity contribution in [3.63, 3.8) is 0 Å². The fraction of sp³-hybridized carbons (Fsp3) is 0.308. The van der Waals surface area contributed by atoms with Crippen molar-refractivity contribution < 1.29 is 15.0 Å². The topological polar surface area (TPSA) is 69.6 Å². The molecule has 4 heteroatoms. The second kappa shape index (κ2) is 6.83. The van der Waals surface area contributed by atoms with E-state index in [0.717, 1.165) is 5.56 Å². The Bertz CT molecular complexity index is 371. The standard InChI is InChI=1S/C13H17NO3/c1-2-3-4-12(15)14-9-10-5-7-11(8-6-10)13(16)17/h2,5-8,13,16-17H,1,3-4,9H2,(H,14,15). The highest BCUT2D eigenvalue weighted by Gasteiger charge is 2.03. The molecule has 1 aromatic rings. The van der Waals surface area contributed by atoms with Gasteiger partial charge in [-0.2, -0.15) is 0 Å². The van der Waals surface area contributed by atoms with Gasteiger partial charge in [0.1, 0.15) is 0 Å². The molecule has 1 amide bonds. The van der Waals surface area contributed by atoms with Crippen LogP contribution in [-0.2, 0) is 11.3 Å². The predicted octanol–water partition coefficient (Wildman–Crippen LogP) is 1.25. The van der Waals surface area contributed by atoms with Crippen LogP contribution in [0.1, 0.15) is 30.3 Å². The lowest BCUT2D eigenvalue weighted by Gasteiger charge is -2.07. The lowest BCUT2D eigenvalue weighted by molar-refractivity contribution is -0.121. The quantitative estimate of drug-likeness (QED) is 0.513. The Balaban J connectivity index is 2.41. The number of carbonyl (C=O) groups is 1. The van der Waals surface area contributed by atoms with Crippen molar-refractivity contribution in [3.8, 4) is 0 Å². The minimum Gasteiger partial charge on any atom is -0.364 e. The van der Waals surface area contributed by atoms with Crippen LogP contribution in [0, 0.1) is 0 Å². The van der Waals surface area contributed by atoms with E-state index < -0.39 is 6.29 Å². The molecule has 17 heavy (non-hydrogen) atoms. The van der Waals surface area contributed by atoms with Crippen molar-refractivity contribution in [1.29, 1.82) is 0 Å². The number of rotatable bonds is 6. The fourth-order valence-electron chi connectivity index (χ4n) is 1.33. The molecule has 0 fully saturated rings. The number of carbonyl (C=O) groups excluding carboxylic acids is 1. The van der Waals surface area contributed by atoms with Gasteiger partial charge in [-0.25, -0.2) is 0 Å². The number of allylic oxidation sites excluding steroid dienone is 1. The van der Waals surface area contributed by atoms with Crippen LogP contribution in [0.25, 0.3) is 0 Å². The van der Waals surface area contributed by atoms with Gasteiger partial charge in [0.15, 0.2) is 6.29 Å². The summed E-state index contributed by atoms with van der Waals surface area (Å²) in [5.74, 6) is -0.0174. The summed E-state index contributed by atoms with van der Waals surface area (Å²) in [5, 5.41) is 20.6. The molecule has 0 saturated heterocycles. The third-order valence-corrected chi connectivity index (χ3v) is 2.34. The lowest BCUT2D eigenvalue weighted by Crippen LogP contribution is -2.22. The Morgan fingerprint density at radius 3 is 2.53 bits per heavy atom. The van der Waals surface area contributed by atoms with E-state index >= 15 is 0 Å². The first-order valence-electron chi connectivity index (χ1n) is 5.46. The van der Waals surface area contributed by atoms with Crippen LogP contribution in [-0.4, -0.2) is 16.1 Å². The molecule has 3 N–H and O–H groups in total. The molecule has 0 bridgehead atoms. The van der Waals surface area contributed by atoms with E-state index in [4.69, 9.17) is 10.2 Å². The first-order valence-corrected chi connectivity index (χ1v) is 5.46. The number of nitrogens with one attached hydrogen (secondary N) is 1. The lowest BCUT2D eigenvalue weighted by atomic mass is 10.1. The summed E-state index contributed by atoms with van der Waals surface area (Å²) in [6.45, 7) is 3.99. The monoisotopic (exact) mass is 235 g/mol. The molecule has 0 aliphatic carbocycles. The van der Waals surface area contributed by atoms with E-state index in [2.05, 4.69) is 11.9 Å². The predicted molar refractivity (Wildman–Crippen MR) is 64.9 cm³/mol. The minimum absolute atomic E-state index is 0.0174. The van der Waals surface area contributed by atoms with Gasteiger partial charge in [-0.15, -0.1) is 6.58 Å². The largest absolute Gasteiger partial charge is 0.364 e. The molecule has 0 spiro atoms. The van der Waals surface area contributed by atoms with Gasteiger partial charge in [-0.1, -0.05) is 30.3 Å². The SMILES string of the molecule is C=CCCC(=O)NCc1ccc(C(O)O)cc1. The molecule has 0 aromatic heterocycles. The van der Waals surface area contributed by atoms with Crippen LogP contribution in [0.2, 0.25) is 0 Å². The van der Waals surface area contributed by atoms with Crippen molar-refractivity contribution in [2.45, 2.75) is 25.7 Å². The van der Waals surface area contributed by atoms with Gasteiger partial charge < -0.3 is 15.5 Å². The summed E-state index contributed by atoms with van der Waals surface area (Å²) in [4.78, 5) is 11.3. The zero-order valence-electron chi connectivity index (χ0n) is 9.60. The summed E-state index contributed by atoms with van der Waals surface area (Å²) in [6, 6.07) is 6.75. The third kappa shape index (κ3) is 4.80. The molecule has 0 saturated carbocycles. The van der Waals surface area contributed by atoms with Crippen molar-refractivity contribution in [2.24, 2.45) is 0 Å². The first-order chi connectivity index (χ1) is 8.13. The van der Waals surface area contributed by atoms with E-state index in [9.17, 15) is 4.79 Å². The molecular formula is C13H17NO3. The average Bonchev–Trinajstić information content (AvgIpc) is 2.34. The summed E-state index contributed by atoms with van der Waals surface area (Å²) in [6.07, 6.45) is 1.36. The van der Waals surface area contributed by atoms with Crippen molar-refractivity contribution in [1.82, 2.24) is 5.32 Å². The van der Waals surface area contributed by atoms with Crippen LogP contribution in [0.15, 0.2) is 36.9 Å². The average molecular weight is 235 g/mol. The number of hydrogen-bond donors (Lipinski definition) is 3. The van der Waals surface area contributed by atoms with Crippen LogP contribution < -0.4 is 5.32 Å².